The fourth-order valence-electron chi connectivity index (χ4n) is 1.06. The van der Waals surface area contributed by atoms with Crippen molar-refractivity contribution in [2.45, 2.75) is 13.8 Å². The first kappa shape index (κ1) is 12.2. The number of benzene rings is 1. The molecule has 1 rings (SSSR count). The lowest BCUT2D eigenvalue weighted by molar-refractivity contribution is -0.137. The summed E-state index contributed by atoms with van der Waals surface area (Å²) < 4.78 is 9.68. The molecule has 4 nitrogen and oxygen atoms in total. The van der Waals surface area contributed by atoms with E-state index in [1.807, 2.05) is 0 Å². The van der Waals surface area contributed by atoms with Gasteiger partial charge >= 0.3 is 11.9 Å². The molecule has 0 N–H and O–H groups in total. The van der Waals surface area contributed by atoms with Gasteiger partial charge in [-0.3, -0.25) is 4.79 Å². The highest BCUT2D eigenvalue weighted by molar-refractivity contribution is 5.93. The number of methoxy groups -OCH3 is 1. The lowest BCUT2D eigenvalue weighted by Gasteiger charge is -2.09. The van der Waals surface area contributed by atoms with Crippen LogP contribution in [0.25, 0.3) is 0 Å². The van der Waals surface area contributed by atoms with Gasteiger partial charge in [0.15, 0.2) is 0 Å². The van der Waals surface area contributed by atoms with Crippen molar-refractivity contribution in [3.05, 3.63) is 29.8 Å². The van der Waals surface area contributed by atoms with Crippen LogP contribution in [0.15, 0.2) is 24.3 Å². The summed E-state index contributed by atoms with van der Waals surface area (Å²) in [5.41, 5.74) is 0.249. The normalized spacial score (nSPS) is 10.0. The summed E-state index contributed by atoms with van der Waals surface area (Å²) in [6.45, 7) is 3.45. The van der Waals surface area contributed by atoms with Gasteiger partial charge in [0.2, 0.25) is 0 Å². The second-order valence-electron chi connectivity index (χ2n) is 3.56. The van der Waals surface area contributed by atoms with Crippen molar-refractivity contribution in [1.82, 2.24) is 0 Å². The van der Waals surface area contributed by atoms with Crippen molar-refractivity contribution < 1.29 is 19.1 Å². The van der Waals surface area contributed by atoms with Gasteiger partial charge < -0.3 is 9.47 Å². The molecule has 0 aliphatic rings. The molecule has 0 amide bonds. The van der Waals surface area contributed by atoms with E-state index < -0.39 is 5.97 Å². The Morgan fingerprint density at radius 3 is 2.38 bits per heavy atom. The quantitative estimate of drug-likeness (QED) is 0.580. The van der Waals surface area contributed by atoms with E-state index in [0.29, 0.717) is 0 Å². The molecule has 0 radical (unpaired) electrons. The Hall–Kier alpha value is -1.84. The summed E-state index contributed by atoms with van der Waals surface area (Å²) in [7, 11) is 1.28. The number of carbonyl (C=O) groups is 2. The molecule has 0 saturated heterocycles. The van der Waals surface area contributed by atoms with Crippen LogP contribution in [0.2, 0.25) is 0 Å². The minimum Gasteiger partial charge on any atom is -0.465 e. The monoisotopic (exact) mass is 222 g/mol. The molecule has 1 aromatic carbocycles. The van der Waals surface area contributed by atoms with E-state index in [1.54, 1.807) is 38.1 Å². The third kappa shape index (κ3) is 2.82. The third-order valence-electron chi connectivity index (χ3n) is 1.97. The van der Waals surface area contributed by atoms with E-state index in [9.17, 15) is 9.59 Å². The van der Waals surface area contributed by atoms with E-state index in [2.05, 4.69) is 4.74 Å². The predicted octanol–water partition coefficient (Wildman–Crippen LogP) is 2.03. The topological polar surface area (TPSA) is 52.6 Å². The fraction of sp³-hybridized carbons (Fsp3) is 0.333. The molecule has 16 heavy (non-hydrogen) atoms. The molecule has 1 aromatic rings. The molecular weight excluding hydrogens is 208 g/mol. The van der Waals surface area contributed by atoms with Gasteiger partial charge in [-0.05, 0) is 12.1 Å². The first-order valence-corrected chi connectivity index (χ1v) is 4.95. The van der Waals surface area contributed by atoms with Crippen LogP contribution >= 0.6 is 0 Å². The van der Waals surface area contributed by atoms with Crippen molar-refractivity contribution in [2.75, 3.05) is 7.11 Å². The van der Waals surface area contributed by atoms with E-state index in [0.717, 1.165) is 0 Å². The molecule has 0 aliphatic carbocycles. The van der Waals surface area contributed by atoms with E-state index in [1.165, 1.54) is 7.11 Å². The molecule has 0 atom stereocenters. The van der Waals surface area contributed by atoms with Crippen LogP contribution in [0.4, 0.5) is 0 Å². The van der Waals surface area contributed by atoms with E-state index in [-0.39, 0.29) is 23.2 Å². The number of para-hydroxylation sites is 1. The molecule has 0 heterocycles. The van der Waals surface area contributed by atoms with Gasteiger partial charge in [-0.25, -0.2) is 4.79 Å². The zero-order valence-electron chi connectivity index (χ0n) is 9.52. The molecule has 0 aliphatic heterocycles. The Balaban J connectivity index is 2.95. The molecule has 0 spiro atoms. The highest BCUT2D eigenvalue weighted by Gasteiger charge is 2.16. The largest absolute Gasteiger partial charge is 0.465 e. The Kier molecular flexibility index (Phi) is 4.05. The number of hydrogen-bond donors (Lipinski definition) is 0. The molecule has 4 heteroatoms. The maximum absolute atomic E-state index is 11.4. The van der Waals surface area contributed by atoms with Crippen molar-refractivity contribution in [2.24, 2.45) is 5.92 Å². The smallest absolute Gasteiger partial charge is 0.341 e. The van der Waals surface area contributed by atoms with Gasteiger partial charge in [-0.15, -0.1) is 0 Å². The second-order valence-corrected chi connectivity index (χ2v) is 3.56. The predicted molar refractivity (Wildman–Crippen MR) is 58.3 cm³/mol. The van der Waals surface area contributed by atoms with Crippen LogP contribution < -0.4 is 4.74 Å². The van der Waals surface area contributed by atoms with Crippen molar-refractivity contribution in [1.29, 1.82) is 0 Å². The van der Waals surface area contributed by atoms with Crippen LogP contribution in [-0.4, -0.2) is 19.0 Å². The SMILES string of the molecule is COC(=O)c1ccccc1OC(=O)C(C)C. The Morgan fingerprint density at radius 1 is 1.19 bits per heavy atom. The number of esters is 2. The molecule has 0 aromatic heterocycles. The summed E-state index contributed by atoms with van der Waals surface area (Å²) in [5, 5.41) is 0. The first-order valence-electron chi connectivity index (χ1n) is 4.95. The number of ether oxygens (including phenoxy) is 2. The standard InChI is InChI=1S/C12H14O4/c1-8(2)11(13)16-10-7-5-4-6-9(10)12(14)15-3/h4-8H,1-3H3. The number of hydrogen-bond acceptors (Lipinski definition) is 4. The summed E-state index contributed by atoms with van der Waals surface area (Å²) in [5.74, 6) is -0.915. The van der Waals surface area contributed by atoms with Crippen molar-refractivity contribution >= 4 is 11.9 Å². The summed E-state index contributed by atoms with van der Waals surface area (Å²) in [4.78, 5) is 22.8. The van der Waals surface area contributed by atoms with Gasteiger partial charge in [-0.2, -0.15) is 0 Å². The van der Waals surface area contributed by atoms with E-state index in [4.69, 9.17) is 4.74 Å². The Labute approximate surface area is 94.2 Å². The minimum atomic E-state index is -0.521. The van der Waals surface area contributed by atoms with Crippen LogP contribution in [-0.2, 0) is 9.53 Å². The zero-order chi connectivity index (χ0) is 12.1. The maximum Gasteiger partial charge on any atom is 0.341 e. The van der Waals surface area contributed by atoms with Gasteiger partial charge in [0.05, 0.1) is 13.0 Å². The van der Waals surface area contributed by atoms with Crippen LogP contribution in [0.1, 0.15) is 24.2 Å². The van der Waals surface area contributed by atoms with Gasteiger partial charge in [-0.1, -0.05) is 26.0 Å². The van der Waals surface area contributed by atoms with Crippen molar-refractivity contribution in [3.63, 3.8) is 0 Å². The summed E-state index contributed by atoms with van der Waals surface area (Å²) in [6.07, 6.45) is 0. The van der Waals surface area contributed by atoms with Gasteiger partial charge in [0.1, 0.15) is 11.3 Å². The average Bonchev–Trinajstić information content (AvgIpc) is 2.28. The molecular formula is C12H14O4. The van der Waals surface area contributed by atoms with Crippen LogP contribution in [0.3, 0.4) is 0 Å². The lowest BCUT2D eigenvalue weighted by Crippen LogP contribution is -2.16. The molecule has 86 valence electrons. The Morgan fingerprint density at radius 2 is 1.81 bits per heavy atom. The van der Waals surface area contributed by atoms with E-state index >= 15 is 0 Å². The lowest BCUT2D eigenvalue weighted by atomic mass is 10.2. The number of rotatable bonds is 3. The molecule has 0 fully saturated rings. The van der Waals surface area contributed by atoms with Gasteiger partial charge in [0.25, 0.3) is 0 Å². The highest BCUT2D eigenvalue weighted by atomic mass is 16.5. The van der Waals surface area contributed by atoms with Crippen molar-refractivity contribution in [3.8, 4) is 5.75 Å². The first-order chi connectivity index (χ1) is 7.56. The third-order valence-corrected chi connectivity index (χ3v) is 1.97. The summed E-state index contributed by atoms with van der Waals surface area (Å²) >= 11 is 0. The highest BCUT2D eigenvalue weighted by Crippen LogP contribution is 2.19. The Bertz CT molecular complexity index is 396. The summed E-state index contributed by atoms with van der Waals surface area (Å²) in [6, 6.07) is 6.48. The maximum atomic E-state index is 11.4. The van der Waals surface area contributed by atoms with Crippen LogP contribution in [0, 0.1) is 5.92 Å². The molecule has 0 unspecified atom stereocenters. The van der Waals surface area contributed by atoms with Crippen LogP contribution in [0.5, 0.6) is 5.75 Å². The number of carbonyl (C=O) groups excluding carboxylic acids is 2. The minimum absolute atomic E-state index is 0.230. The average molecular weight is 222 g/mol. The zero-order valence-corrected chi connectivity index (χ0v) is 9.52. The fourth-order valence-corrected chi connectivity index (χ4v) is 1.06. The molecule has 0 saturated carbocycles. The van der Waals surface area contributed by atoms with Gasteiger partial charge in [0, 0.05) is 0 Å². The second kappa shape index (κ2) is 5.30. The molecule has 0 bridgehead atoms.